The lowest BCUT2D eigenvalue weighted by Crippen LogP contribution is -2.33. The van der Waals surface area contributed by atoms with Gasteiger partial charge in [0.2, 0.25) is 0 Å². The van der Waals surface area contributed by atoms with Crippen LogP contribution in [0.4, 0.5) is 0 Å². The van der Waals surface area contributed by atoms with Crippen LogP contribution in [0.1, 0.15) is 64.7 Å². The van der Waals surface area contributed by atoms with Crippen molar-refractivity contribution in [3.8, 4) is 0 Å². The zero-order valence-electron chi connectivity index (χ0n) is 9.15. The van der Waals surface area contributed by atoms with Gasteiger partial charge in [0.15, 0.2) is 0 Å². The van der Waals surface area contributed by atoms with Gasteiger partial charge in [-0.3, -0.25) is 0 Å². The van der Waals surface area contributed by atoms with Crippen LogP contribution in [-0.4, -0.2) is 12.6 Å². The molecule has 1 rings (SSSR count). The second-order valence-electron chi connectivity index (χ2n) is 4.35. The number of nitrogens with one attached hydrogen (secondary N) is 1. The minimum atomic E-state index is 0.857. The van der Waals surface area contributed by atoms with Crippen molar-refractivity contribution in [2.45, 2.75) is 70.8 Å². The highest BCUT2D eigenvalue weighted by molar-refractivity contribution is 4.71. The lowest BCUT2D eigenvalue weighted by atomic mass is 9.99. The van der Waals surface area contributed by atoms with E-state index in [4.69, 9.17) is 0 Å². The number of hydrogen-bond donors (Lipinski definition) is 1. The number of piperidine rings is 1. The molecule has 0 aliphatic carbocycles. The third-order valence-corrected chi connectivity index (χ3v) is 3.07. The molecular formula is C12H25N. The Hall–Kier alpha value is -0.0400. The van der Waals surface area contributed by atoms with Crippen molar-refractivity contribution in [3.05, 3.63) is 0 Å². The summed E-state index contributed by atoms with van der Waals surface area (Å²) in [6.07, 6.45) is 12.8. The molecular weight excluding hydrogens is 158 g/mol. The van der Waals surface area contributed by atoms with E-state index in [9.17, 15) is 0 Å². The molecule has 1 heterocycles. The molecule has 1 N–H and O–H groups in total. The predicted molar refractivity (Wildman–Crippen MR) is 59.0 cm³/mol. The molecule has 0 saturated carbocycles. The highest BCUT2D eigenvalue weighted by Crippen LogP contribution is 2.14. The van der Waals surface area contributed by atoms with Crippen LogP contribution in [0.2, 0.25) is 0 Å². The van der Waals surface area contributed by atoms with E-state index >= 15 is 0 Å². The Labute approximate surface area is 83.3 Å². The average molecular weight is 183 g/mol. The molecule has 0 amide bonds. The summed E-state index contributed by atoms with van der Waals surface area (Å²) < 4.78 is 0. The van der Waals surface area contributed by atoms with Crippen LogP contribution >= 0.6 is 0 Å². The molecule has 13 heavy (non-hydrogen) atoms. The molecule has 1 aliphatic rings. The quantitative estimate of drug-likeness (QED) is 0.622. The molecule has 0 radical (unpaired) electrons. The molecule has 0 aromatic carbocycles. The lowest BCUT2D eigenvalue weighted by molar-refractivity contribution is 0.370. The Morgan fingerprint density at radius 1 is 1.08 bits per heavy atom. The van der Waals surface area contributed by atoms with Gasteiger partial charge in [-0.1, -0.05) is 45.4 Å². The van der Waals surface area contributed by atoms with Gasteiger partial charge in [-0.2, -0.15) is 0 Å². The van der Waals surface area contributed by atoms with E-state index in [0.717, 1.165) is 6.04 Å². The maximum absolute atomic E-state index is 3.61. The molecule has 1 saturated heterocycles. The van der Waals surface area contributed by atoms with E-state index in [0.29, 0.717) is 0 Å². The van der Waals surface area contributed by atoms with E-state index in [1.54, 1.807) is 0 Å². The monoisotopic (exact) mass is 183 g/mol. The molecule has 1 unspecified atom stereocenters. The summed E-state index contributed by atoms with van der Waals surface area (Å²) >= 11 is 0. The highest BCUT2D eigenvalue weighted by Gasteiger charge is 2.10. The normalized spacial score (nSPS) is 23.3. The van der Waals surface area contributed by atoms with Crippen LogP contribution in [0.15, 0.2) is 0 Å². The topological polar surface area (TPSA) is 12.0 Å². The average Bonchev–Trinajstić information content (AvgIpc) is 2.19. The molecule has 0 spiro atoms. The summed E-state index contributed by atoms with van der Waals surface area (Å²) in [6, 6.07) is 0.857. The minimum Gasteiger partial charge on any atom is -0.314 e. The SMILES string of the molecule is CCCCCCCC1CCCCN1. The summed E-state index contributed by atoms with van der Waals surface area (Å²) in [5.74, 6) is 0. The molecule has 1 nitrogen and oxygen atoms in total. The Morgan fingerprint density at radius 2 is 1.92 bits per heavy atom. The van der Waals surface area contributed by atoms with E-state index in [1.807, 2.05) is 0 Å². The largest absolute Gasteiger partial charge is 0.314 e. The van der Waals surface area contributed by atoms with Gasteiger partial charge in [0.05, 0.1) is 0 Å². The van der Waals surface area contributed by atoms with Gasteiger partial charge in [-0.05, 0) is 25.8 Å². The summed E-state index contributed by atoms with van der Waals surface area (Å²) in [6.45, 7) is 3.54. The zero-order valence-corrected chi connectivity index (χ0v) is 9.15. The Morgan fingerprint density at radius 3 is 2.62 bits per heavy atom. The summed E-state index contributed by atoms with van der Waals surface area (Å²) in [7, 11) is 0. The van der Waals surface area contributed by atoms with Gasteiger partial charge in [0.1, 0.15) is 0 Å². The van der Waals surface area contributed by atoms with Crippen molar-refractivity contribution < 1.29 is 0 Å². The van der Waals surface area contributed by atoms with Crippen LogP contribution in [0.5, 0.6) is 0 Å². The van der Waals surface area contributed by atoms with Crippen molar-refractivity contribution in [2.75, 3.05) is 6.54 Å². The first-order valence-corrected chi connectivity index (χ1v) is 6.17. The molecule has 1 fully saturated rings. The maximum atomic E-state index is 3.61. The van der Waals surface area contributed by atoms with Crippen molar-refractivity contribution in [1.82, 2.24) is 5.32 Å². The van der Waals surface area contributed by atoms with Gasteiger partial charge in [-0.25, -0.2) is 0 Å². The van der Waals surface area contributed by atoms with Crippen LogP contribution in [0, 0.1) is 0 Å². The van der Waals surface area contributed by atoms with Crippen LogP contribution in [-0.2, 0) is 0 Å². The zero-order chi connectivity index (χ0) is 9.36. The van der Waals surface area contributed by atoms with Gasteiger partial charge in [0, 0.05) is 6.04 Å². The van der Waals surface area contributed by atoms with Gasteiger partial charge in [0.25, 0.3) is 0 Å². The standard InChI is InChI=1S/C12H25N/c1-2-3-4-5-6-9-12-10-7-8-11-13-12/h12-13H,2-11H2,1H3. The molecule has 78 valence electrons. The lowest BCUT2D eigenvalue weighted by Gasteiger charge is -2.23. The summed E-state index contributed by atoms with van der Waals surface area (Å²) in [5, 5.41) is 3.61. The van der Waals surface area contributed by atoms with Gasteiger partial charge >= 0.3 is 0 Å². The molecule has 1 aliphatic heterocycles. The van der Waals surface area contributed by atoms with Crippen LogP contribution in [0.3, 0.4) is 0 Å². The van der Waals surface area contributed by atoms with Gasteiger partial charge < -0.3 is 5.32 Å². The maximum Gasteiger partial charge on any atom is 0.00670 e. The number of rotatable bonds is 6. The van der Waals surface area contributed by atoms with Crippen molar-refractivity contribution in [2.24, 2.45) is 0 Å². The Balaban J connectivity index is 1.86. The third kappa shape index (κ3) is 5.30. The highest BCUT2D eigenvalue weighted by atomic mass is 14.9. The summed E-state index contributed by atoms with van der Waals surface area (Å²) in [5.41, 5.74) is 0. The van der Waals surface area contributed by atoms with Crippen molar-refractivity contribution in [1.29, 1.82) is 0 Å². The molecule has 1 heteroatoms. The fourth-order valence-corrected chi connectivity index (χ4v) is 2.16. The molecule has 0 bridgehead atoms. The van der Waals surface area contributed by atoms with Crippen molar-refractivity contribution in [3.63, 3.8) is 0 Å². The summed E-state index contributed by atoms with van der Waals surface area (Å²) in [4.78, 5) is 0. The van der Waals surface area contributed by atoms with Crippen LogP contribution in [0.25, 0.3) is 0 Å². The van der Waals surface area contributed by atoms with Gasteiger partial charge in [-0.15, -0.1) is 0 Å². The third-order valence-electron chi connectivity index (χ3n) is 3.07. The fourth-order valence-electron chi connectivity index (χ4n) is 2.16. The second kappa shape index (κ2) is 7.37. The Kier molecular flexibility index (Phi) is 6.26. The predicted octanol–water partition coefficient (Wildman–Crippen LogP) is 3.49. The first-order chi connectivity index (χ1) is 6.43. The molecule has 0 aromatic rings. The Bertz CT molecular complexity index is 106. The first-order valence-electron chi connectivity index (χ1n) is 6.17. The van der Waals surface area contributed by atoms with Crippen LogP contribution < -0.4 is 5.32 Å². The van der Waals surface area contributed by atoms with Crippen molar-refractivity contribution >= 4 is 0 Å². The fraction of sp³-hybridized carbons (Fsp3) is 1.00. The molecule has 0 aromatic heterocycles. The minimum absolute atomic E-state index is 0.857. The second-order valence-corrected chi connectivity index (χ2v) is 4.35. The van der Waals surface area contributed by atoms with E-state index in [2.05, 4.69) is 12.2 Å². The van der Waals surface area contributed by atoms with E-state index < -0.39 is 0 Å². The molecule has 1 atom stereocenters. The number of hydrogen-bond acceptors (Lipinski definition) is 1. The first kappa shape index (κ1) is 11.0. The van der Waals surface area contributed by atoms with E-state index in [1.165, 1.54) is 64.3 Å². The van der Waals surface area contributed by atoms with E-state index in [-0.39, 0.29) is 0 Å². The smallest absolute Gasteiger partial charge is 0.00670 e. The number of unbranched alkanes of at least 4 members (excludes halogenated alkanes) is 4.